The van der Waals surface area contributed by atoms with Crippen molar-refractivity contribution in [2.24, 2.45) is 0 Å². The molecule has 0 amide bonds. The fraction of sp³-hybridized carbons (Fsp3) is 0.759. The normalized spacial score (nSPS) is 12.5. The molecule has 0 aromatic heterocycles. The Labute approximate surface area is 370 Å². The minimum atomic E-state index is -0.803. The van der Waals surface area contributed by atoms with Gasteiger partial charge < -0.3 is 14.2 Å². The summed E-state index contributed by atoms with van der Waals surface area (Å²) in [4.78, 5) is 37.9. The van der Waals surface area contributed by atoms with Gasteiger partial charge in [-0.3, -0.25) is 14.4 Å². The van der Waals surface area contributed by atoms with Gasteiger partial charge in [-0.1, -0.05) is 184 Å². The van der Waals surface area contributed by atoms with E-state index in [1.807, 2.05) is 0 Å². The highest BCUT2D eigenvalue weighted by atomic mass is 16.6. The van der Waals surface area contributed by atoms with Crippen molar-refractivity contribution in [2.45, 2.75) is 252 Å². The number of carbonyl (C=O) groups is 3. The van der Waals surface area contributed by atoms with E-state index < -0.39 is 6.10 Å². The fourth-order valence-electron chi connectivity index (χ4n) is 6.86. The first-order valence-corrected chi connectivity index (χ1v) is 25.3. The number of hydrogen-bond acceptors (Lipinski definition) is 6. The summed E-state index contributed by atoms with van der Waals surface area (Å²) in [6.07, 6.45) is 59.2. The van der Waals surface area contributed by atoms with Gasteiger partial charge >= 0.3 is 17.9 Å². The summed E-state index contributed by atoms with van der Waals surface area (Å²) < 4.78 is 16.7. The number of carbonyl (C=O) groups excluding carboxylic acids is 3. The Balaban J connectivity index is 4.47. The number of unbranched alkanes of at least 4 members (excludes halogenated alkanes) is 24. The first kappa shape index (κ1) is 57.1. The van der Waals surface area contributed by atoms with Crippen LogP contribution in [0.3, 0.4) is 0 Å². The maximum absolute atomic E-state index is 12.8. The van der Waals surface area contributed by atoms with Crippen LogP contribution in [0.1, 0.15) is 245 Å². The molecule has 0 aromatic carbocycles. The Morgan fingerprint density at radius 1 is 0.333 bits per heavy atom. The Kier molecular flexibility index (Phi) is 46.4. The standard InChI is InChI=1S/C54H94O6/c1-4-7-10-13-16-19-22-25-26-27-28-30-32-35-38-41-44-47-53(56)59-50-51(49-58-52(55)46-43-40-37-34-31-24-21-18-15-12-9-6-3)60-54(57)48-45-42-39-36-33-29-23-20-17-14-11-8-5-2/h18,21,25-26,28-30,33,35,38,51H,4-17,19-20,22-24,27,31-32,34,36-37,39-50H2,1-3H3/b21-18-,26-25-,30-28-,33-29-,38-35-. The molecule has 6 nitrogen and oxygen atoms in total. The van der Waals surface area contributed by atoms with Crippen LogP contribution in [0.4, 0.5) is 0 Å². The van der Waals surface area contributed by atoms with Crippen molar-refractivity contribution in [3.63, 3.8) is 0 Å². The van der Waals surface area contributed by atoms with E-state index >= 15 is 0 Å². The van der Waals surface area contributed by atoms with Crippen LogP contribution in [0, 0.1) is 0 Å². The minimum absolute atomic E-state index is 0.100. The topological polar surface area (TPSA) is 78.9 Å². The van der Waals surface area contributed by atoms with E-state index in [9.17, 15) is 14.4 Å². The smallest absolute Gasteiger partial charge is 0.306 e. The molecular formula is C54H94O6. The van der Waals surface area contributed by atoms with Gasteiger partial charge in [0.15, 0.2) is 6.10 Å². The molecule has 0 aliphatic heterocycles. The number of hydrogen-bond donors (Lipinski definition) is 0. The number of allylic oxidation sites excluding steroid dienone is 10. The van der Waals surface area contributed by atoms with Crippen molar-refractivity contribution >= 4 is 17.9 Å². The third-order valence-corrected chi connectivity index (χ3v) is 10.7. The molecule has 0 spiro atoms. The third-order valence-electron chi connectivity index (χ3n) is 10.7. The Morgan fingerprint density at radius 3 is 1.07 bits per heavy atom. The van der Waals surface area contributed by atoms with E-state index in [2.05, 4.69) is 81.5 Å². The summed E-state index contributed by atoms with van der Waals surface area (Å²) in [6, 6.07) is 0. The summed E-state index contributed by atoms with van der Waals surface area (Å²) in [7, 11) is 0. The highest BCUT2D eigenvalue weighted by Crippen LogP contribution is 2.13. The monoisotopic (exact) mass is 839 g/mol. The molecular weight excluding hydrogens is 745 g/mol. The predicted molar refractivity (Wildman–Crippen MR) is 256 cm³/mol. The van der Waals surface area contributed by atoms with Gasteiger partial charge in [-0.15, -0.1) is 0 Å². The van der Waals surface area contributed by atoms with E-state index in [4.69, 9.17) is 14.2 Å². The van der Waals surface area contributed by atoms with Crippen LogP contribution < -0.4 is 0 Å². The van der Waals surface area contributed by atoms with Gasteiger partial charge in [-0.25, -0.2) is 0 Å². The summed E-state index contributed by atoms with van der Waals surface area (Å²) in [5.74, 6) is -0.978. The molecule has 0 saturated heterocycles. The zero-order valence-electron chi connectivity index (χ0n) is 39.5. The number of esters is 3. The van der Waals surface area contributed by atoms with Crippen molar-refractivity contribution in [2.75, 3.05) is 13.2 Å². The van der Waals surface area contributed by atoms with E-state index in [-0.39, 0.29) is 37.5 Å². The van der Waals surface area contributed by atoms with Crippen molar-refractivity contribution in [1.29, 1.82) is 0 Å². The van der Waals surface area contributed by atoms with Crippen LogP contribution >= 0.6 is 0 Å². The van der Waals surface area contributed by atoms with Gasteiger partial charge in [-0.2, -0.15) is 0 Å². The van der Waals surface area contributed by atoms with E-state index in [0.717, 1.165) is 77.0 Å². The Bertz CT molecular complexity index is 1100. The minimum Gasteiger partial charge on any atom is -0.462 e. The molecule has 0 N–H and O–H groups in total. The van der Waals surface area contributed by atoms with Crippen molar-refractivity contribution in [3.05, 3.63) is 60.8 Å². The lowest BCUT2D eigenvalue weighted by atomic mass is 10.1. The zero-order chi connectivity index (χ0) is 43.7. The van der Waals surface area contributed by atoms with Crippen LogP contribution in [0.2, 0.25) is 0 Å². The molecule has 6 heteroatoms. The molecule has 1 unspecified atom stereocenters. The molecule has 60 heavy (non-hydrogen) atoms. The Morgan fingerprint density at radius 2 is 0.617 bits per heavy atom. The summed E-state index contributed by atoms with van der Waals surface area (Å²) in [5.41, 5.74) is 0. The predicted octanol–water partition coefficient (Wildman–Crippen LogP) is 16.5. The molecule has 0 saturated carbocycles. The molecule has 0 aliphatic rings. The second-order valence-electron chi connectivity index (χ2n) is 16.7. The molecule has 0 rings (SSSR count). The van der Waals surface area contributed by atoms with Crippen molar-refractivity contribution < 1.29 is 28.6 Å². The van der Waals surface area contributed by atoms with Gasteiger partial charge in [-0.05, 0) is 103 Å². The van der Waals surface area contributed by atoms with Gasteiger partial charge in [0, 0.05) is 19.3 Å². The fourth-order valence-corrected chi connectivity index (χ4v) is 6.86. The lowest BCUT2D eigenvalue weighted by Gasteiger charge is -2.18. The second kappa shape index (κ2) is 48.8. The lowest BCUT2D eigenvalue weighted by Crippen LogP contribution is -2.30. The SMILES string of the molecule is CCCCC/C=C\CCCCCCCC(=O)OCC(COC(=O)CCC/C=C\C/C=C\C/C=C\CCCCCCCC)OC(=O)CCCCC/C=C\CCCCCCCC. The molecule has 0 aliphatic carbocycles. The highest BCUT2D eigenvalue weighted by molar-refractivity contribution is 5.71. The Hall–Kier alpha value is -2.89. The second-order valence-corrected chi connectivity index (χ2v) is 16.7. The summed E-state index contributed by atoms with van der Waals surface area (Å²) >= 11 is 0. The van der Waals surface area contributed by atoms with Gasteiger partial charge in [0.25, 0.3) is 0 Å². The van der Waals surface area contributed by atoms with Crippen molar-refractivity contribution in [3.8, 4) is 0 Å². The summed E-state index contributed by atoms with van der Waals surface area (Å²) in [5, 5.41) is 0. The maximum Gasteiger partial charge on any atom is 0.306 e. The van der Waals surface area contributed by atoms with Crippen LogP contribution in [0.5, 0.6) is 0 Å². The molecule has 0 radical (unpaired) electrons. The summed E-state index contributed by atoms with van der Waals surface area (Å²) in [6.45, 7) is 6.53. The van der Waals surface area contributed by atoms with Crippen LogP contribution in [-0.4, -0.2) is 37.2 Å². The largest absolute Gasteiger partial charge is 0.462 e. The first-order valence-electron chi connectivity index (χ1n) is 25.3. The van der Waals surface area contributed by atoms with Crippen LogP contribution in [-0.2, 0) is 28.6 Å². The number of rotatable bonds is 45. The zero-order valence-corrected chi connectivity index (χ0v) is 39.5. The average molecular weight is 839 g/mol. The highest BCUT2D eigenvalue weighted by Gasteiger charge is 2.19. The molecule has 0 heterocycles. The van der Waals surface area contributed by atoms with E-state index in [1.54, 1.807) is 0 Å². The third kappa shape index (κ3) is 46.2. The number of ether oxygens (including phenoxy) is 3. The molecule has 346 valence electrons. The van der Waals surface area contributed by atoms with Crippen LogP contribution in [0.15, 0.2) is 60.8 Å². The molecule has 1 atom stereocenters. The quantitative estimate of drug-likeness (QED) is 0.0263. The van der Waals surface area contributed by atoms with Gasteiger partial charge in [0.1, 0.15) is 13.2 Å². The lowest BCUT2D eigenvalue weighted by molar-refractivity contribution is -0.167. The molecule has 0 aromatic rings. The van der Waals surface area contributed by atoms with Gasteiger partial charge in [0.05, 0.1) is 0 Å². The molecule has 0 bridgehead atoms. The average Bonchev–Trinajstić information content (AvgIpc) is 3.24. The van der Waals surface area contributed by atoms with E-state index in [1.165, 1.54) is 122 Å². The first-order chi connectivity index (χ1) is 29.5. The van der Waals surface area contributed by atoms with E-state index in [0.29, 0.717) is 19.3 Å². The molecule has 0 fully saturated rings. The van der Waals surface area contributed by atoms with Crippen LogP contribution in [0.25, 0.3) is 0 Å². The van der Waals surface area contributed by atoms with Crippen molar-refractivity contribution in [1.82, 2.24) is 0 Å². The maximum atomic E-state index is 12.8. The van der Waals surface area contributed by atoms with Gasteiger partial charge in [0.2, 0.25) is 0 Å².